The van der Waals surface area contributed by atoms with Crippen LogP contribution in [0.4, 0.5) is 0 Å². The fourth-order valence-electron chi connectivity index (χ4n) is 2.28. The third kappa shape index (κ3) is 4.73. The maximum Gasteiger partial charge on any atom is 0.322 e. The quantitative estimate of drug-likeness (QED) is 0.579. The number of rotatable bonds is 7. The molecule has 8 nitrogen and oxygen atoms in total. The van der Waals surface area contributed by atoms with E-state index in [1.54, 1.807) is 0 Å². The molecule has 1 atom stereocenters. The Labute approximate surface area is 118 Å². The van der Waals surface area contributed by atoms with Crippen molar-refractivity contribution in [1.82, 2.24) is 9.03 Å². The van der Waals surface area contributed by atoms with Crippen LogP contribution < -0.4 is 10.5 Å². The summed E-state index contributed by atoms with van der Waals surface area (Å²) in [5, 5.41) is 8.92. The molecule has 0 bridgehead atoms. The first-order valence-electron chi connectivity index (χ1n) is 6.50. The van der Waals surface area contributed by atoms with Crippen LogP contribution in [-0.2, 0) is 19.8 Å². The highest BCUT2D eigenvalue weighted by atomic mass is 32.2. The Kier molecular flexibility index (Phi) is 5.90. The molecule has 4 N–H and O–H groups in total. The van der Waals surface area contributed by atoms with Gasteiger partial charge in [-0.15, -0.1) is 0 Å². The van der Waals surface area contributed by atoms with E-state index in [-0.39, 0.29) is 6.04 Å². The molecular formula is C11H21N3O5S. The smallest absolute Gasteiger partial charge is 0.322 e. The lowest BCUT2D eigenvalue weighted by atomic mass is 9.96. The molecule has 1 rings (SSSR count). The number of carbonyl (C=O) groups is 2. The summed E-state index contributed by atoms with van der Waals surface area (Å²) in [6, 6.07) is -1.67. The van der Waals surface area contributed by atoms with Gasteiger partial charge >= 0.3 is 5.97 Å². The Balaban J connectivity index is 2.75. The maximum absolute atomic E-state index is 12.1. The van der Waals surface area contributed by atoms with Crippen LogP contribution in [-0.4, -0.2) is 48.8 Å². The SMILES string of the molecule is CN(C1CCCCC1)S(=O)(=O)N[C@@H](CC(N)=O)C(=O)O. The molecule has 0 aromatic carbocycles. The minimum absolute atomic E-state index is 0.135. The molecule has 0 radical (unpaired) electrons. The van der Waals surface area contributed by atoms with Gasteiger partial charge in [0.05, 0.1) is 6.42 Å². The van der Waals surface area contributed by atoms with Gasteiger partial charge in [0, 0.05) is 13.1 Å². The molecule has 0 aromatic rings. The molecule has 1 amide bonds. The second kappa shape index (κ2) is 7.00. The summed E-state index contributed by atoms with van der Waals surface area (Å²) in [5.41, 5.74) is 4.92. The molecule has 0 spiro atoms. The van der Waals surface area contributed by atoms with Gasteiger partial charge in [-0.05, 0) is 12.8 Å². The highest BCUT2D eigenvalue weighted by molar-refractivity contribution is 7.87. The third-order valence-corrected chi connectivity index (χ3v) is 5.10. The zero-order chi connectivity index (χ0) is 15.3. The number of nitrogens with zero attached hydrogens (tertiary/aromatic N) is 1. The van der Waals surface area contributed by atoms with E-state index >= 15 is 0 Å². The van der Waals surface area contributed by atoms with Crippen LogP contribution in [0.3, 0.4) is 0 Å². The minimum atomic E-state index is -3.96. The number of hydrogen-bond acceptors (Lipinski definition) is 4. The lowest BCUT2D eigenvalue weighted by Gasteiger charge is -2.31. The fraction of sp³-hybridized carbons (Fsp3) is 0.818. The number of carboxylic acid groups (broad SMARTS) is 1. The number of nitrogens with one attached hydrogen (secondary N) is 1. The molecule has 1 aliphatic carbocycles. The molecule has 0 unspecified atom stereocenters. The van der Waals surface area contributed by atoms with Crippen molar-refractivity contribution in [2.24, 2.45) is 5.73 Å². The van der Waals surface area contributed by atoms with Crippen LogP contribution in [0, 0.1) is 0 Å². The average molecular weight is 307 g/mol. The highest BCUT2D eigenvalue weighted by Crippen LogP contribution is 2.23. The summed E-state index contributed by atoms with van der Waals surface area (Å²) in [5.74, 6) is -2.30. The molecule has 0 saturated heterocycles. The predicted molar refractivity (Wildman–Crippen MR) is 71.9 cm³/mol. The molecule has 1 fully saturated rings. The number of amides is 1. The normalized spacial score (nSPS) is 18.9. The molecule has 0 heterocycles. The standard InChI is InChI=1S/C11H21N3O5S/c1-14(8-5-3-2-4-6-8)20(18,19)13-9(11(16)17)7-10(12)15/h8-9,13H,2-7H2,1H3,(H2,12,15)(H,16,17)/t9-/m0/s1. The van der Waals surface area contributed by atoms with Crippen LogP contribution >= 0.6 is 0 Å². The molecule has 116 valence electrons. The Morgan fingerprint density at radius 2 is 1.90 bits per heavy atom. The zero-order valence-electron chi connectivity index (χ0n) is 11.4. The molecule has 20 heavy (non-hydrogen) atoms. The van der Waals surface area contributed by atoms with Crippen LogP contribution in [0.2, 0.25) is 0 Å². The number of primary amides is 1. The van der Waals surface area contributed by atoms with Gasteiger partial charge in [-0.3, -0.25) is 9.59 Å². The first kappa shape index (κ1) is 16.9. The van der Waals surface area contributed by atoms with Crippen molar-refractivity contribution in [2.75, 3.05) is 7.05 Å². The van der Waals surface area contributed by atoms with Crippen LogP contribution in [0.15, 0.2) is 0 Å². The van der Waals surface area contributed by atoms with Gasteiger partial charge in [-0.1, -0.05) is 19.3 Å². The summed E-state index contributed by atoms with van der Waals surface area (Å²) < 4.78 is 27.4. The van der Waals surface area contributed by atoms with E-state index in [1.165, 1.54) is 7.05 Å². The number of nitrogens with two attached hydrogens (primary N) is 1. The van der Waals surface area contributed by atoms with Crippen LogP contribution in [0.25, 0.3) is 0 Å². The van der Waals surface area contributed by atoms with E-state index in [9.17, 15) is 18.0 Å². The number of hydrogen-bond donors (Lipinski definition) is 3. The van der Waals surface area contributed by atoms with E-state index in [0.717, 1.165) is 36.4 Å². The molecular weight excluding hydrogens is 286 g/mol. The zero-order valence-corrected chi connectivity index (χ0v) is 12.2. The van der Waals surface area contributed by atoms with Crippen molar-refractivity contribution >= 4 is 22.1 Å². The molecule has 0 aliphatic heterocycles. The van der Waals surface area contributed by atoms with Gasteiger partial charge in [-0.25, -0.2) is 0 Å². The second-order valence-corrected chi connectivity index (χ2v) is 6.75. The first-order valence-corrected chi connectivity index (χ1v) is 7.94. The monoisotopic (exact) mass is 307 g/mol. The molecule has 9 heteroatoms. The van der Waals surface area contributed by atoms with E-state index < -0.39 is 34.5 Å². The molecule has 1 aliphatic rings. The Morgan fingerprint density at radius 1 is 1.35 bits per heavy atom. The van der Waals surface area contributed by atoms with Crippen LogP contribution in [0.5, 0.6) is 0 Å². The van der Waals surface area contributed by atoms with Crippen molar-refractivity contribution in [3.63, 3.8) is 0 Å². The lowest BCUT2D eigenvalue weighted by Crippen LogP contribution is -2.51. The highest BCUT2D eigenvalue weighted by Gasteiger charge is 2.32. The Hall–Kier alpha value is -1.19. The van der Waals surface area contributed by atoms with Crippen LogP contribution in [0.1, 0.15) is 38.5 Å². The van der Waals surface area contributed by atoms with Crippen molar-refractivity contribution in [1.29, 1.82) is 0 Å². The van der Waals surface area contributed by atoms with E-state index in [0.29, 0.717) is 0 Å². The number of carboxylic acids is 1. The largest absolute Gasteiger partial charge is 0.480 e. The van der Waals surface area contributed by atoms with Crippen molar-refractivity contribution in [2.45, 2.75) is 50.6 Å². The Bertz CT molecular complexity index is 459. The summed E-state index contributed by atoms with van der Waals surface area (Å²) in [4.78, 5) is 21.7. The van der Waals surface area contributed by atoms with Gasteiger partial charge in [0.2, 0.25) is 5.91 Å². The first-order chi connectivity index (χ1) is 9.24. The average Bonchev–Trinajstić information content (AvgIpc) is 2.37. The van der Waals surface area contributed by atoms with Crippen molar-refractivity contribution in [3.05, 3.63) is 0 Å². The Morgan fingerprint density at radius 3 is 2.35 bits per heavy atom. The minimum Gasteiger partial charge on any atom is -0.480 e. The lowest BCUT2D eigenvalue weighted by molar-refractivity contribution is -0.140. The molecule has 0 aromatic heterocycles. The van der Waals surface area contributed by atoms with Crippen molar-refractivity contribution in [3.8, 4) is 0 Å². The fourth-order valence-corrected chi connectivity index (χ4v) is 3.60. The van der Waals surface area contributed by atoms with E-state index in [2.05, 4.69) is 0 Å². The van der Waals surface area contributed by atoms with Crippen molar-refractivity contribution < 1.29 is 23.1 Å². The third-order valence-electron chi connectivity index (χ3n) is 3.46. The number of carbonyl (C=O) groups excluding carboxylic acids is 1. The van der Waals surface area contributed by atoms with Gasteiger partial charge < -0.3 is 10.8 Å². The summed E-state index contributed by atoms with van der Waals surface area (Å²) in [6.07, 6.45) is 3.92. The maximum atomic E-state index is 12.1. The predicted octanol–water partition coefficient (Wildman–Crippen LogP) is -0.586. The topological polar surface area (TPSA) is 130 Å². The van der Waals surface area contributed by atoms with Gasteiger partial charge in [0.15, 0.2) is 0 Å². The van der Waals surface area contributed by atoms with E-state index in [4.69, 9.17) is 10.8 Å². The van der Waals surface area contributed by atoms with Gasteiger partial charge in [0.25, 0.3) is 10.2 Å². The summed E-state index contributed by atoms with van der Waals surface area (Å²) >= 11 is 0. The summed E-state index contributed by atoms with van der Waals surface area (Å²) in [7, 11) is -2.54. The van der Waals surface area contributed by atoms with Gasteiger partial charge in [-0.2, -0.15) is 17.4 Å². The van der Waals surface area contributed by atoms with Gasteiger partial charge in [0.1, 0.15) is 6.04 Å². The summed E-state index contributed by atoms with van der Waals surface area (Å²) in [6.45, 7) is 0. The molecule has 1 saturated carbocycles. The number of aliphatic carboxylic acids is 1. The second-order valence-electron chi connectivity index (χ2n) is 4.99. The van der Waals surface area contributed by atoms with E-state index in [1.807, 2.05) is 4.72 Å².